The number of hydrogen-bond donors (Lipinski definition) is 1. The average molecular weight is 529 g/mol. The van der Waals surface area contributed by atoms with Crippen molar-refractivity contribution < 1.29 is 52.8 Å². The van der Waals surface area contributed by atoms with Gasteiger partial charge in [-0.15, -0.1) is 0 Å². The van der Waals surface area contributed by atoms with Crippen LogP contribution in [0.4, 0.5) is 0 Å². The highest BCUT2D eigenvalue weighted by molar-refractivity contribution is 5.87. The molecule has 0 spiro atoms. The van der Waals surface area contributed by atoms with Crippen molar-refractivity contribution in [3.8, 4) is 11.3 Å². The van der Waals surface area contributed by atoms with Crippen LogP contribution in [0, 0.1) is 0 Å². The van der Waals surface area contributed by atoms with E-state index in [1.54, 1.807) is 24.3 Å². The Bertz CT molecular complexity index is 1210. The molecule has 0 bridgehead atoms. The van der Waals surface area contributed by atoms with Gasteiger partial charge in [-0.1, -0.05) is 18.2 Å². The van der Waals surface area contributed by atoms with Gasteiger partial charge in [0.25, 0.3) is 0 Å². The Morgan fingerprint density at radius 3 is 2.03 bits per heavy atom. The second-order valence-corrected chi connectivity index (χ2v) is 8.48. The van der Waals surface area contributed by atoms with Crippen LogP contribution in [0.15, 0.2) is 42.6 Å². The predicted molar refractivity (Wildman–Crippen MR) is 128 cm³/mol. The van der Waals surface area contributed by atoms with Crippen molar-refractivity contribution in [2.24, 2.45) is 0 Å². The lowest BCUT2D eigenvalue weighted by Gasteiger charge is -2.44. The SMILES string of the molecule is CC(=O)OC[C@H]1O[C@H](c2cccc(-c3ccc(C(=O)O)cn3)c2)[C@@H](OC(C)=O)[C@@H](OC(C)=O)[C@@H]1OC(C)=O. The second-order valence-electron chi connectivity index (χ2n) is 8.48. The molecule has 2 aromatic rings. The summed E-state index contributed by atoms with van der Waals surface area (Å²) < 4.78 is 27.7. The number of ether oxygens (including phenoxy) is 5. The molecular formula is C26H27NO11. The maximum Gasteiger partial charge on any atom is 0.337 e. The fourth-order valence-corrected chi connectivity index (χ4v) is 4.06. The number of hydrogen-bond acceptors (Lipinski definition) is 11. The highest BCUT2D eigenvalue weighted by atomic mass is 16.7. The first-order valence-electron chi connectivity index (χ1n) is 11.6. The van der Waals surface area contributed by atoms with E-state index in [9.17, 15) is 24.0 Å². The number of pyridine rings is 1. The zero-order chi connectivity index (χ0) is 28.0. The smallest absolute Gasteiger partial charge is 0.337 e. The molecule has 0 aliphatic carbocycles. The van der Waals surface area contributed by atoms with Gasteiger partial charge in [0.1, 0.15) is 18.8 Å². The molecule has 12 nitrogen and oxygen atoms in total. The largest absolute Gasteiger partial charge is 0.478 e. The van der Waals surface area contributed by atoms with Crippen LogP contribution in [-0.4, -0.2) is 71.0 Å². The third-order valence-electron chi connectivity index (χ3n) is 5.51. The number of benzene rings is 1. The molecule has 12 heteroatoms. The minimum atomic E-state index is -1.30. The Morgan fingerprint density at radius 1 is 0.842 bits per heavy atom. The first-order chi connectivity index (χ1) is 18.0. The van der Waals surface area contributed by atoms with Crippen LogP contribution < -0.4 is 0 Å². The second kappa shape index (κ2) is 12.3. The molecule has 202 valence electrons. The number of rotatable bonds is 8. The maximum absolute atomic E-state index is 12.1. The molecule has 0 saturated carbocycles. The fourth-order valence-electron chi connectivity index (χ4n) is 4.06. The molecule has 0 unspecified atom stereocenters. The van der Waals surface area contributed by atoms with Crippen LogP contribution in [0.3, 0.4) is 0 Å². The highest BCUT2D eigenvalue weighted by Gasteiger charge is 2.52. The van der Waals surface area contributed by atoms with Crippen LogP contribution in [0.5, 0.6) is 0 Å². The van der Waals surface area contributed by atoms with E-state index in [1.807, 2.05) is 0 Å². The van der Waals surface area contributed by atoms with E-state index in [4.69, 9.17) is 28.8 Å². The van der Waals surface area contributed by atoms with Crippen LogP contribution in [0.2, 0.25) is 0 Å². The number of aromatic carboxylic acids is 1. The van der Waals surface area contributed by atoms with Gasteiger partial charge in [0, 0.05) is 39.5 Å². The zero-order valence-corrected chi connectivity index (χ0v) is 21.1. The molecule has 5 atom stereocenters. The molecular weight excluding hydrogens is 502 g/mol. The zero-order valence-electron chi connectivity index (χ0n) is 21.1. The number of nitrogens with zero attached hydrogens (tertiary/aromatic N) is 1. The molecule has 3 rings (SSSR count). The summed E-state index contributed by atoms with van der Waals surface area (Å²) in [6.07, 6.45) is -4.71. The number of carboxylic acid groups (broad SMARTS) is 1. The Hall–Kier alpha value is -4.32. The van der Waals surface area contributed by atoms with Crippen LogP contribution in [-0.2, 0) is 42.9 Å². The van der Waals surface area contributed by atoms with Crippen molar-refractivity contribution in [1.29, 1.82) is 0 Å². The molecule has 1 aliphatic heterocycles. The molecule has 1 saturated heterocycles. The summed E-state index contributed by atoms with van der Waals surface area (Å²) in [7, 11) is 0. The van der Waals surface area contributed by atoms with Gasteiger partial charge in [-0.25, -0.2) is 4.79 Å². The molecule has 0 amide bonds. The first kappa shape index (κ1) is 28.3. The minimum absolute atomic E-state index is 0.0180. The molecule has 1 fully saturated rings. The van der Waals surface area contributed by atoms with Crippen molar-refractivity contribution in [3.05, 3.63) is 53.7 Å². The number of esters is 4. The average Bonchev–Trinajstić information content (AvgIpc) is 2.84. The summed E-state index contributed by atoms with van der Waals surface area (Å²) in [5.41, 5.74) is 1.54. The van der Waals surface area contributed by atoms with Crippen molar-refractivity contribution in [2.75, 3.05) is 6.61 Å². The fraction of sp³-hybridized carbons (Fsp3) is 0.385. The molecule has 1 aromatic heterocycles. The first-order valence-corrected chi connectivity index (χ1v) is 11.6. The molecule has 1 N–H and O–H groups in total. The van der Waals surface area contributed by atoms with Crippen molar-refractivity contribution in [3.63, 3.8) is 0 Å². The third-order valence-corrected chi connectivity index (χ3v) is 5.51. The minimum Gasteiger partial charge on any atom is -0.478 e. The number of aromatic nitrogens is 1. The van der Waals surface area contributed by atoms with Crippen molar-refractivity contribution >= 4 is 29.8 Å². The molecule has 1 aliphatic rings. The predicted octanol–water partition coefficient (Wildman–Crippen LogP) is 2.24. The Kier molecular flexibility index (Phi) is 9.13. The Balaban J connectivity index is 2.07. The summed E-state index contributed by atoms with van der Waals surface area (Å²) in [5.74, 6) is -3.89. The van der Waals surface area contributed by atoms with Crippen molar-refractivity contribution in [2.45, 2.75) is 58.2 Å². The number of carbonyl (C=O) groups is 5. The third kappa shape index (κ3) is 7.13. The van der Waals surface area contributed by atoms with E-state index in [0.29, 0.717) is 16.8 Å². The topological polar surface area (TPSA) is 165 Å². The van der Waals surface area contributed by atoms with Gasteiger partial charge in [0.05, 0.1) is 11.3 Å². The lowest BCUT2D eigenvalue weighted by molar-refractivity contribution is -0.254. The van der Waals surface area contributed by atoms with E-state index < -0.39 is 60.4 Å². The summed E-state index contributed by atoms with van der Waals surface area (Å²) in [4.78, 5) is 62.9. The number of carbonyl (C=O) groups excluding carboxylic acids is 4. The monoisotopic (exact) mass is 529 g/mol. The van der Waals surface area contributed by atoms with Gasteiger partial charge >= 0.3 is 29.8 Å². The summed E-state index contributed by atoms with van der Waals surface area (Å²) >= 11 is 0. The van der Waals surface area contributed by atoms with Gasteiger partial charge in [0.2, 0.25) is 0 Å². The summed E-state index contributed by atoms with van der Waals surface area (Å²) in [5, 5.41) is 9.13. The van der Waals surface area contributed by atoms with E-state index in [0.717, 1.165) is 20.8 Å². The van der Waals surface area contributed by atoms with Crippen molar-refractivity contribution in [1.82, 2.24) is 4.98 Å². The summed E-state index contributed by atoms with van der Waals surface area (Å²) in [6.45, 7) is 4.31. The van der Waals surface area contributed by atoms with E-state index in [2.05, 4.69) is 4.98 Å². The van der Waals surface area contributed by atoms with Gasteiger partial charge in [-0.05, 0) is 23.8 Å². The highest BCUT2D eigenvalue weighted by Crippen LogP contribution is 2.38. The lowest BCUT2D eigenvalue weighted by Crippen LogP contribution is -2.59. The quantitative estimate of drug-likeness (QED) is 0.392. The van der Waals surface area contributed by atoms with Crippen LogP contribution in [0.1, 0.15) is 49.7 Å². The molecule has 1 aromatic carbocycles. The van der Waals surface area contributed by atoms with Gasteiger partial charge < -0.3 is 28.8 Å². The Labute approximate surface area is 217 Å². The summed E-state index contributed by atoms with van der Waals surface area (Å²) in [6, 6.07) is 9.73. The van der Waals surface area contributed by atoms with Crippen LogP contribution >= 0.6 is 0 Å². The van der Waals surface area contributed by atoms with Gasteiger partial charge in [-0.3, -0.25) is 24.2 Å². The lowest BCUT2D eigenvalue weighted by atomic mass is 9.89. The van der Waals surface area contributed by atoms with E-state index in [1.165, 1.54) is 25.3 Å². The van der Waals surface area contributed by atoms with Gasteiger partial charge in [0.15, 0.2) is 18.3 Å². The Morgan fingerprint density at radius 2 is 1.47 bits per heavy atom. The maximum atomic E-state index is 12.1. The van der Waals surface area contributed by atoms with E-state index >= 15 is 0 Å². The number of carboxylic acids is 1. The van der Waals surface area contributed by atoms with E-state index in [-0.39, 0.29) is 12.2 Å². The normalized spacial score (nSPS) is 22.6. The molecule has 0 radical (unpaired) electrons. The standard InChI is InChI=1S/C26H27NO11/c1-13(28)34-12-21-23(35-14(2)29)25(37-16(4)31)24(36-15(3)30)22(38-21)18-7-5-6-17(10-18)20-9-8-19(11-27-20)26(32)33/h5-11,21-25H,12H2,1-4H3,(H,32,33)/t21-,22-,23-,24-,25+/m1/s1. The molecule has 38 heavy (non-hydrogen) atoms. The van der Waals surface area contributed by atoms with Gasteiger partial charge in [-0.2, -0.15) is 0 Å². The van der Waals surface area contributed by atoms with Crippen LogP contribution in [0.25, 0.3) is 11.3 Å². The molecule has 2 heterocycles.